The lowest BCUT2D eigenvalue weighted by Gasteiger charge is -2.13. The van der Waals surface area contributed by atoms with Crippen molar-refractivity contribution in [2.45, 2.75) is 27.2 Å². The maximum atomic E-state index is 11.4. The van der Waals surface area contributed by atoms with Crippen molar-refractivity contribution in [3.63, 3.8) is 0 Å². The Morgan fingerprint density at radius 2 is 1.89 bits per heavy atom. The number of nitrogens with one attached hydrogen (secondary N) is 3. The fraction of sp³-hybridized carbons (Fsp3) is 0.583. The number of hydrogen-bond acceptors (Lipinski definition) is 5. The highest BCUT2D eigenvalue weighted by Crippen LogP contribution is 2.19. The second kappa shape index (κ2) is 6.78. The predicted octanol–water partition coefficient (Wildman–Crippen LogP) is 0.937. The summed E-state index contributed by atoms with van der Waals surface area (Å²) in [6.45, 7) is 6.66. The molecule has 3 N–H and O–H groups in total. The molecule has 0 saturated heterocycles. The number of carbonyl (C=O) groups excluding carboxylic acids is 1. The van der Waals surface area contributed by atoms with Crippen LogP contribution in [0.5, 0.6) is 0 Å². The summed E-state index contributed by atoms with van der Waals surface area (Å²) in [5.74, 6) is 2.21. The van der Waals surface area contributed by atoms with Crippen LogP contribution in [0.1, 0.15) is 25.2 Å². The van der Waals surface area contributed by atoms with Crippen LogP contribution < -0.4 is 16.0 Å². The molecule has 1 aromatic heterocycles. The molecule has 6 nitrogen and oxygen atoms in total. The van der Waals surface area contributed by atoms with Crippen molar-refractivity contribution >= 4 is 17.5 Å². The molecule has 1 amide bonds. The Kier molecular flexibility index (Phi) is 5.35. The van der Waals surface area contributed by atoms with E-state index in [1.165, 1.54) is 0 Å². The van der Waals surface area contributed by atoms with Crippen molar-refractivity contribution in [1.82, 2.24) is 15.3 Å². The molecule has 18 heavy (non-hydrogen) atoms. The molecule has 0 saturated carbocycles. The lowest BCUT2D eigenvalue weighted by Crippen LogP contribution is -2.30. The van der Waals surface area contributed by atoms with E-state index in [1.54, 1.807) is 0 Å². The van der Waals surface area contributed by atoms with Crippen LogP contribution in [0, 0.1) is 6.92 Å². The number of anilines is 2. The Labute approximate surface area is 108 Å². The van der Waals surface area contributed by atoms with E-state index in [0.717, 1.165) is 23.6 Å². The van der Waals surface area contributed by atoms with Crippen molar-refractivity contribution in [2.24, 2.45) is 0 Å². The lowest BCUT2D eigenvalue weighted by atomic mass is 10.3. The van der Waals surface area contributed by atoms with Gasteiger partial charge >= 0.3 is 0 Å². The highest BCUT2D eigenvalue weighted by Gasteiger charge is 2.09. The molecule has 1 heterocycles. The van der Waals surface area contributed by atoms with E-state index < -0.39 is 0 Å². The Bertz CT molecular complexity index is 419. The average molecular weight is 251 g/mol. The Morgan fingerprint density at radius 3 is 2.44 bits per heavy atom. The van der Waals surface area contributed by atoms with E-state index in [-0.39, 0.29) is 12.5 Å². The minimum absolute atomic E-state index is 0.0421. The van der Waals surface area contributed by atoms with Crippen molar-refractivity contribution in [1.29, 1.82) is 0 Å². The molecule has 0 radical (unpaired) electrons. The van der Waals surface area contributed by atoms with Gasteiger partial charge in [-0.2, -0.15) is 0 Å². The van der Waals surface area contributed by atoms with E-state index in [4.69, 9.17) is 0 Å². The zero-order valence-corrected chi connectivity index (χ0v) is 11.4. The molecule has 0 aromatic carbocycles. The molecule has 0 fully saturated rings. The van der Waals surface area contributed by atoms with Crippen molar-refractivity contribution in [3.8, 4) is 0 Å². The van der Waals surface area contributed by atoms with Crippen molar-refractivity contribution in [3.05, 3.63) is 11.4 Å². The summed E-state index contributed by atoms with van der Waals surface area (Å²) in [5, 5.41) is 8.81. The van der Waals surface area contributed by atoms with E-state index in [9.17, 15) is 4.79 Å². The summed E-state index contributed by atoms with van der Waals surface area (Å²) in [5.41, 5.74) is 0.916. The SMILES string of the molecule is CCNC(=O)CNc1nc(CC)nc(NC)c1C. The Balaban J connectivity index is 2.83. The third-order valence-electron chi connectivity index (χ3n) is 2.54. The predicted molar refractivity (Wildman–Crippen MR) is 72.9 cm³/mol. The van der Waals surface area contributed by atoms with Gasteiger partial charge in [0, 0.05) is 25.6 Å². The molecule has 0 bridgehead atoms. The van der Waals surface area contributed by atoms with E-state index in [2.05, 4.69) is 25.9 Å². The molecular formula is C12H21N5O. The van der Waals surface area contributed by atoms with Crippen LogP contribution in [0.15, 0.2) is 0 Å². The van der Waals surface area contributed by atoms with Gasteiger partial charge < -0.3 is 16.0 Å². The standard InChI is InChI=1S/C12H21N5O/c1-5-9-16-11(13-4)8(3)12(17-9)15-7-10(18)14-6-2/h5-7H2,1-4H3,(H,14,18)(H2,13,15,16,17). The van der Waals surface area contributed by atoms with Gasteiger partial charge in [0.1, 0.15) is 17.5 Å². The summed E-state index contributed by atoms with van der Waals surface area (Å²) in [6.07, 6.45) is 0.755. The minimum Gasteiger partial charge on any atom is -0.373 e. The first-order valence-electron chi connectivity index (χ1n) is 6.18. The number of aryl methyl sites for hydroxylation is 1. The smallest absolute Gasteiger partial charge is 0.239 e. The average Bonchev–Trinajstić information content (AvgIpc) is 2.38. The number of aromatic nitrogens is 2. The molecule has 0 spiro atoms. The third kappa shape index (κ3) is 3.58. The number of nitrogens with zero attached hydrogens (tertiary/aromatic N) is 2. The summed E-state index contributed by atoms with van der Waals surface area (Å²) >= 11 is 0. The van der Waals surface area contributed by atoms with Crippen molar-refractivity contribution in [2.75, 3.05) is 30.8 Å². The first-order valence-corrected chi connectivity index (χ1v) is 6.18. The summed E-state index contributed by atoms with van der Waals surface area (Å²) in [4.78, 5) is 20.2. The van der Waals surface area contributed by atoms with Gasteiger partial charge in [-0.3, -0.25) is 4.79 Å². The number of rotatable bonds is 6. The van der Waals surface area contributed by atoms with Gasteiger partial charge in [0.2, 0.25) is 5.91 Å². The molecule has 0 aliphatic rings. The van der Waals surface area contributed by atoms with E-state index >= 15 is 0 Å². The first-order chi connectivity index (χ1) is 8.62. The molecule has 0 unspecified atom stereocenters. The van der Waals surface area contributed by atoms with Gasteiger partial charge in [0.25, 0.3) is 0 Å². The molecule has 0 aliphatic heterocycles. The molecular weight excluding hydrogens is 230 g/mol. The van der Waals surface area contributed by atoms with Crippen LogP contribution in [-0.2, 0) is 11.2 Å². The van der Waals surface area contributed by atoms with Crippen molar-refractivity contribution < 1.29 is 4.79 Å². The maximum absolute atomic E-state index is 11.4. The normalized spacial score (nSPS) is 10.0. The van der Waals surface area contributed by atoms with Crippen LogP contribution in [0.3, 0.4) is 0 Å². The maximum Gasteiger partial charge on any atom is 0.239 e. The van der Waals surface area contributed by atoms with Gasteiger partial charge in [-0.05, 0) is 13.8 Å². The Hall–Kier alpha value is -1.85. The second-order valence-electron chi connectivity index (χ2n) is 3.87. The van der Waals surface area contributed by atoms with Gasteiger partial charge in [-0.15, -0.1) is 0 Å². The van der Waals surface area contributed by atoms with Crippen LogP contribution >= 0.6 is 0 Å². The minimum atomic E-state index is -0.0421. The highest BCUT2D eigenvalue weighted by molar-refractivity contribution is 5.80. The molecule has 1 rings (SSSR count). The zero-order chi connectivity index (χ0) is 13.5. The van der Waals surface area contributed by atoms with Crippen LogP contribution in [0.2, 0.25) is 0 Å². The van der Waals surface area contributed by atoms with Gasteiger partial charge in [-0.25, -0.2) is 9.97 Å². The molecule has 6 heteroatoms. The first kappa shape index (κ1) is 14.2. The fourth-order valence-corrected chi connectivity index (χ4v) is 1.56. The van der Waals surface area contributed by atoms with Crippen LogP contribution in [-0.4, -0.2) is 36.0 Å². The molecule has 100 valence electrons. The zero-order valence-electron chi connectivity index (χ0n) is 11.4. The van der Waals surface area contributed by atoms with E-state index in [0.29, 0.717) is 12.4 Å². The topological polar surface area (TPSA) is 78.9 Å². The second-order valence-corrected chi connectivity index (χ2v) is 3.87. The monoisotopic (exact) mass is 251 g/mol. The summed E-state index contributed by atoms with van der Waals surface area (Å²) < 4.78 is 0. The molecule has 0 aliphatic carbocycles. The quantitative estimate of drug-likeness (QED) is 0.701. The van der Waals surface area contributed by atoms with Gasteiger partial charge in [0.05, 0.1) is 6.54 Å². The summed E-state index contributed by atoms with van der Waals surface area (Å²) in [7, 11) is 1.82. The largest absolute Gasteiger partial charge is 0.373 e. The van der Waals surface area contributed by atoms with E-state index in [1.807, 2.05) is 27.8 Å². The highest BCUT2D eigenvalue weighted by atomic mass is 16.1. The van der Waals surface area contributed by atoms with Crippen LogP contribution in [0.4, 0.5) is 11.6 Å². The third-order valence-corrected chi connectivity index (χ3v) is 2.54. The lowest BCUT2D eigenvalue weighted by molar-refractivity contribution is -0.119. The Morgan fingerprint density at radius 1 is 1.22 bits per heavy atom. The van der Waals surface area contributed by atoms with Gasteiger partial charge in [0.15, 0.2) is 0 Å². The summed E-state index contributed by atoms with van der Waals surface area (Å²) in [6, 6.07) is 0. The number of likely N-dealkylation sites (N-methyl/N-ethyl adjacent to an activating group) is 1. The van der Waals surface area contributed by atoms with Crippen LogP contribution in [0.25, 0.3) is 0 Å². The van der Waals surface area contributed by atoms with Gasteiger partial charge in [-0.1, -0.05) is 6.92 Å². The molecule has 0 atom stereocenters. The fourth-order valence-electron chi connectivity index (χ4n) is 1.56. The molecule has 1 aromatic rings. The number of carbonyl (C=O) groups is 1. The number of amides is 1. The number of hydrogen-bond donors (Lipinski definition) is 3.